The molecule has 0 aliphatic rings. The van der Waals surface area contributed by atoms with Crippen LogP contribution >= 0.6 is 11.6 Å². The lowest BCUT2D eigenvalue weighted by atomic mass is 9.98. The van der Waals surface area contributed by atoms with Crippen molar-refractivity contribution in [3.63, 3.8) is 0 Å². The van der Waals surface area contributed by atoms with E-state index in [0.717, 1.165) is 33.2 Å². The minimum atomic E-state index is -0.331. The zero-order valence-corrected chi connectivity index (χ0v) is 17.2. The molecule has 1 unspecified atom stereocenters. The summed E-state index contributed by atoms with van der Waals surface area (Å²) in [5, 5.41) is 5.26. The van der Waals surface area contributed by atoms with Gasteiger partial charge in [0, 0.05) is 23.0 Å². The zero-order valence-electron chi connectivity index (χ0n) is 16.4. The van der Waals surface area contributed by atoms with Gasteiger partial charge in [-0.25, -0.2) is 4.79 Å². The molecule has 0 bridgehead atoms. The maximum Gasteiger partial charge on any atom is 0.336 e. The molecule has 4 aromatic rings. The summed E-state index contributed by atoms with van der Waals surface area (Å²) in [6, 6.07) is 23.7. The molecule has 3 aromatic carbocycles. The number of rotatable bonds is 5. The summed E-state index contributed by atoms with van der Waals surface area (Å²) in [7, 11) is 0. The standard InChI is InChI=1S/C25H22ClNO2/c1-16-11-12-22-20(14-23(28)29-25(22)17(16)2)15-27-24(18-7-4-3-5-8-18)19-9-6-10-21(26)13-19/h3-14,24,27H,15H2,1-2H3. The van der Waals surface area contributed by atoms with Crippen molar-refractivity contribution in [2.75, 3.05) is 0 Å². The molecular weight excluding hydrogens is 382 g/mol. The van der Waals surface area contributed by atoms with E-state index in [0.29, 0.717) is 17.2 Å². The van der Waals surface area contributed by atoms with E-state index in [4.69, 9.17) is 16.0 Å². The largest absolute Gasteiger partial charge is 0.422 e. The number of aryl methyl sites for hydroxylation is 2. The molecule has 4 heteroatoms. The fraction of sp³-hybridized carbons (Fsp3) is 0.160. The number of benzene rings is 3. The molecule has 4 rings (SSSR count). The lowest BCUT2D eigenvalue weighted by Gasteiger charge is -2.21. The molecule has 3 nitrogen and oxygen atoms in total. The molecule has 1 N–H and O–H groups in total. The Morgan fingerprint density at radius 1 is 0.931 bits per heavy atom. The van der Waals surface area contributed by atoms with Crippen LogP contribution in [0.25, 0.3) is 11.0 Å². The van der Waals surface area contributed by atoms with E-state index >= 15 is 0 Å². The van der Waals surface area contributed by atoms with Crippen molar-refractivity contribution in [3.05, 3.63) is 116 Å². The second kappa shape index (κ2) is 8.24. The van der Waals surface area contributed by atoms with E-state index in [2.05, 4.69) is 29.6 Å². The monoisotopic (exact) mass is 403 g/mol. The Bertz CT molecular complexity index is 1210. The predicted octanol–water partition coefficient (Wildman–Crippen LogP) is 5.94. The summed E-state index contributed by atoms with van der Waals surface area (Å²) < 4.78 is 5.50. The fourth-order valence-electron chi connectivity index (χ4n) is 3.64. The number of nitrogens with one attached hydrogen (secondary N) is 1. The minimum absolute atomic E-state index is 0.0521. The van der Waals surface area contributed by atoms with Crippen LogP contribution in [-0.4, -0.2) is 0 Å². The van der Waals surface area contributed by atoms with Crippen LogP contribution in [0.5, 0.6) is 0 Å². The average molecular weight is 404 g/mol. The highest BCUT2D eigenvalue weighted by molar-refractivity contribution is 6.30. The first-order valence-corrected chi connectivity index (χ1v) is 9.97. The van der Waals surface area contributed by atoms with E-state index < -0.39 is 0 Å². The van der Waals surface area contributed by atoms with Crippen molar-refractivity contribution in [1.82, 2.24) is 5.32 Å². The first kappa shape index (κ1) is 19.4. The Morgan fingerprint density at radius 2 is 1.69 bits per heavy atom. The highest BCUT2D eigenvalue weighted by Crippen LogP contribution is 2.27. The van der Waals surface area contributed by atoms with Crippen LogP contribution in [0.2, 0.25) is 5.02 Å². The molecule has 0 saturated carbocycles. The molecule has 146 valence electrons. The molecule has 0 radical (unpaired) electrons. The van der Waals surface area contributed by atoms with Gasteiger partial charge in [-0.3, -0.25) is 0 Å². The molecule has 0 fully saturated rings. The zero-order chi connectivity index (χ0) is 20.4. The van der Waals surface area contributed by atoms with Gasteiger partial charge in [-0.2, -0.15) is 0 Å². The molecule has 0 spiro atoms. The van der Waals surface area contributed by atoms with E-state index in [1.54, 1.807) is 6.07 Å². The van der Waals surface area contributed by atoms with Crippen LogP contribution in [0, 0.1) is 13.8 Å². The Kier molecular flexibility index (Phi) is 5.52. The van der Waals surface area contributed by atoms with Gasteiger partial charge in [-0.05, 0) is 53.8 Å². The second-order valence-electron chi connectivity index (χ2n) is 7.25. The van der Waals surface area contributed by atoms with Crippen molar-refractivity contribution in [3.8, 4) is 0 Å². The summed E-state index contributed by atoms with van der Waals surface area (Å²) in [4.78, 5) is 12.2. The summed E-state index contributed by atoms with van der Waals surface area (Å²) in [5.41, 5.74) is 5.55. The van der Waals surface area contributed by atoms with Gasteiger partial charge >= 0.3 is 5.63 Å². The quantitative estimate of drug-likeness (QED) is 0.419. The van der Waals surface area contributed by atoms with Gasteiger partial charge in [-0.15, -0.1) is 0 Å². The van der Waals surface area contributed by atoms with E-state index in [9.17, 15) is 4.79 Å². The van der Waals surface area contributed by atoms with Gasteiger partial charge < -0.3 is 9.73 Å². The third-order valence-electron chi connectivity index (χ3n) is 5.33. The smallest absolute Gasteiger partial charge is 0.336 e. The molecule has 0 aliphatic heterocycles. The fourth-order valence-corrected chi connectivity index (χ4v) is 3.84. The first-order chi connectivity index (χ1) is 14.0. The minimum Gasteiger partial charge on any atom is -0.422 e. The third kappa shape index (κ3) is 4.12. The van der Waals surface area contributed by atoms with Crippen molar-refractivity contribution in [2.45, 2.75) is 26.4 Å². The molecule has 1 atom stereocenters. The van der Waals surface area contributed by atoms with Crippen LogP contribution in [0.3, 0.4) is 0 Å². The van der Waals surface area contributed by atoms with Gasteiger partial charge in [0.1, 0.15) is 5.58 Å². The lowest BCUT2D eigenvalue weighted by molar-refractivity contribution is 0.550. The SMILES string of the molecule is Cc1ccc2c(CNC(c3ccccc3)c3cccc(Cl)c3)cc(=O)oc2c1C. The lowest BCUT2D eigenvalue weighted by Crippen LogP contribution is -2.23. The number of fused-ring (bicyclic) bond motifs is 1. The van der Waals surface area contributed by atoms with E-state index in [-0.39, 0.29) is 11.7 Å². The topological polar surface area (TPSA) is 42.2 Å². The van der Waals surface area contributed by atoms with Crippen LogP contribution in [0.15, 0.2) is 82.0 Å². The highest BCUT2D eigenvalue weighted by atomic mass is 35.5. The summed E-state index contributed by atoms with van der Waals surface area (Å²) in [6.45, 7) is 4.53. The second-order valence-corrected chi connectivity index (χ2v) is 7.69. The van der Waals surface area contributed by atoms with Crippen molar-refractivity contribution < 1.29 is 4.42 Å². The van der Waals surface area contributed by atoms with E-state index in [1.165, 1.54) is 0 Å². The number of halogens is 1. The summed E-state index contributed by atoms with van der Waals surface area (Å²) >= 11 is 6.24. The predicted molar refractivity (Wildman–Crippen MR) is 119 cm³/mol. The average Bonchev–Trinajstić information content (AvgIpc) is 2.72. The molecule has 1 heterocycles. The van der Waals surface area contributed by atoms with E-state index in [1.807, 2.05) is 56.3 Å². The maximum absolute atomic E-state index is 12.2. The van der Waals surface area contributed by atoms with Crippen molar-refractivity contribution in [2.24, 2.45) is 0 Å². The normalized spacial score (nSPS) is 12.2. The van der Waals surface area contributed by atoms with Gasteiger partial charge in [-0.1, -0.05) is 66.2 Å². The molecule has 0 amide bonds. The summed E-state index contributed by atoms with van der Waals surface area (Å²) in [5.74, 6) is 0. The highest BCUT2D eigenvalue weighted by Gasteiger charge is 2.16. The molecule has 0 saturated heterocycles. The maximum atomic E-state index is 12.2. The molecule has 1 aromatic heterocycles. The van der Waals surface area contributed by atoms with Gasteiger partial charge in [0.25, 0.3) is 0 Å². The number of hydrogen-bond donors (Lipinski definition) is 1. The molecule has 29 heavy (non-hydrogen) atoms. The van der Waals surface area contributed by atoms with Gasteiger partial charge in [0.2, 0.25) is 0 Å². The number of hydrogen-bond acceptors (Lipinski definition) is 3. The van der Waals surface area contributed by atoms with Gasteiger partial charge in [0.15, 0.2) is 0 Å². The van der Waals surface area contributed by atoms with Crippen LogP contribution in [0.4, 0.5) is 0 Å². The summed E-state index contributed by atoms with van der Waals surface area (Å²) in [6.07, 6.45) is 0. The van der Waals surface area contributed by atoms with Crippen LogP contribution < -0.4 is 10.9 Å². The molecule has 0 aliphatic carbocycles. The Labute approximate surface area is 175 Å². The Morgan fingerprint density at radius 3 is 2.45 bits per heavy atom. The van der Waals surface area contributed by atoms with Crippen molar-refractivity contribution >= 4 is 22.6 Å². The Balaban J connectivity index is 1.73. The molecular formula is C25H22ClNO2. The van der Waals surface area contributed by atoms with Crippen LogP contribution in [0.1, 0.15) is 33.9 Å². The van der Waals surface area contributed by atoms with Gasteiger partial charge in [0.05, 0.1) is 6.04 Å². The van der Waals surface area contributed by atoms with Crippen molar-refractivity contribution in [1.29, 1.82) is 0 Å². The first-order valence-electron chi connectivity index (χ1n) is 9.59. The van der Waals surface area contributed by atoms with Crippen LogP contribution in [-0.2, 0) is 6.54 Å². The Hall–Kier alpha value is -2.88. The third-order valence-corrected chi connectivity index (χ3v) is 5.56.